The summed E-state index contributed by atoms with van der Waals surface area (Å²) in [5.74, 6) is 0.920. The first-order valence-corrected chi connectivity index (χ1v) is 5.72. The zero-order valence-electron chi connectivity index (χ0n) is 10.1. The Morgan fingerprint density at radius 1 is 1.24 bits per heavy atom. The van der Waals surface area contributed by atoms with E-state index in [1.54, 1.807) is 0 Å². The van der Waals surface area contributed by atoms with Gasteiger partial charge in [0.1, 0.15) is 12.4 Å². The molecule has 0 radical (unpaired) electrons. The molecule has 0 aliphatic rings. The highest BCUT2D eigenvalue weighted by atomic mass is 16.5. The highest BCUT2D eigenvalue weighted by Crippen LogP contribution is 2.20. The van der Waals surface area contributed by atoms with Crippen LogP contribution >= 0.6 is 0 Å². The maximum atomic E-state index is 5.74. The fourth-order valence-electron chi connectivity index (χ4n) is 1.63. The molecule has 2 aromatic carbocycles. The molecule has 0 unspecified atom stereocenters. The summed E-state index contributed by atoms with van der Waals surface area (Å²) >= 11 is 0. The molecule has 2 rings (SSSR count). The van der Waals surface area contributed by atoms with Gasteiger partial charge in [0.05, 0.1) is 0 Å². The van der Waals surface area contributed by atoms with Crippen molar-refractivity contribution in [2.75, 3.05) is 0 Å². The first kappa shape index (κ1) is 11.4. The van der Waals surface area contributed by atoms with Gasteiger partial charge in [0, 0.05) is 11.6 Å². The third-order valence-electron chi connectivity index (χ3n) is 2.63. The van der Waals surface area contributed by atoms with E-state index in [0.717, 1.165) is 17.7 Å². The molecule has 0 bridgehead atoms. The Morgan fingerprint density at radius 3 is 2.76 bits per heavy atom. The van der Waals surface area contributed by atoms with Crippen LogP contribution in [-0.4, -0.2) is 0 Å². The predicted molar refractivity (Wildman–Crippen MR) is 66.7 cm³/mol. The van der Waals surface area contributed by atoms with Gasteiger partial charge in [-0.2, -0.15) is 0 Å². The zero-order valence-corrected chi connectivity index (χ0v) is 10.1. The summed E-state index contributed by atoms with van der Waals surface area (Å²) in [5, 5.41) is 0. The van der Waals surface area contributed by atoms with E-state index in [4.69, 9.17) is 4.74 Å². The Hall–Kier alpha value is -2.12. The van der Waals surface area contributed by atoms with Crippen LogP contribution in [0.1, 0.15) is 23.6 Å². The molecular formula is C16H14O. The van der Waals surface area contributed by atoms with E-state index in [2.05, 4.69) is 50.2 Å². The number of ether oxygens (including phenoxy) is 1. The van der Waals surface area contributed by atoms with Gasteiger partial charge in [-0.05, 0) is 42.7 Å². The van der Waals surface area contributed by atoms with Crippen molar-refractivity contribution in [3.8, 4) is 5.75 Å². The second-order valence-corrected chi connectivity index (χ2v) is 3.93. The fourth-order valence-corrected chi connectivity index (χ4v) is 1.63. The molecule has 1 heteroatoms. The van der Waals surface area contributed by atoms with E-state index >= 15 is 0 Å². The van der Waals surface area contributed by atoms with Crippen molar-refractivity contribution in [3.05, 3.63) is 65.2 Å². The first-order chi connectivity index (χ1) is 8.29. The second kappa shape index (κ2) is 5.28. The molecule has 84 valence electrons. The lowest BCUT2D eigenvalue weighted by Gasteiger charge is -2.09. The van der Waals surface area contributed by atoms with Crippen LogP contribution in [0.4, 0.5) is 0 Å². The zero-order chi connectivity index (χ0) is 12.1. The Bertz CT molecular complexity index is 474. The van der Waals surface area contributed by atoms with Crippen molar-refractivity contribution in [3.63, 3.8) is 0 Å². The number of rotatable bonds is 4. The lowest BCUT2D eigenvalue weighted by Crippen LogP contribution is -1.96. The van der Waals surface area contributed by atoms with Crippen LogP contribution in [0.15, 0.2) is 24.3 Å². The predicted octanol–water partition coefficient (Wildman–Crippen LogP) is 3.34. The monoisotopic (exact) mass is 222 g/mol. The molecule has 1 nitrogen and oxygen atoms in total. The van der Waals surface area contributed by atoms with Gasteiger partial charge in [-0.15, -0.1) is 0 Å². The summed E-state index contributed by atoms with van der Waals surface area (Å²) in [4.78, 5) is 0. The van der Waals surface area contributed by atoms with E-state index in [9.17, 15) is 0 Å². The van der Waals surface area contributed by atoms with E-state index in [1.165, 1.54) is 11.1 Å². The molecule has 0 aliphatic heterocycles. The SMILES string of the molecule is CCc1ccc(OCc2c#cc#cc2)c(C)c1. The normalized spacial score (nSPS) is 9.29. The number of hydrogen-bond acceptors (Lipinski definition) is 1. The lowest BCUT2D eigenvalue weighted by atomic mass is 10.1. The number of aryl methyl sites for hydroxylation is 2. The third kappa shape index (κ3) is 2.92. The van der Waals surface area contributed by atoms with E-state index in [1.807, 2.05) is 12.1 Å². The summed E-state index contributed by atoms with van der Waals surface area (Å²) in [5.41, 5.74) is 3.43. The molecule has 0 heterocycles. The number of benzene rings is 1. The summed E-state index contributed by atoms with van der Waals surface area (Å²) in [6, 6.07) is 19.3. The molecule has 0 atom stereocenters. The minimum absolute atomic E-state index is 0.494. The van der Waals surface area contributed by atoms with E-state index < -0.39 is 0 Å². The molecule has 0 fully saturated rings. The van der Waals surface area contributed by atoms with Crippen molar-refractivity contribution in [2.24, 2.45) is 0 Å². The van der Waals surface area contributed by atoms with Crippen molar-refractivity contribution in [2.45, 2.75) is 26.9 Å². The quantitative estimate of drug-likeness (QED) is 0.771. The van der Waals surface area contributed by atoms with E-state index in [-0.39, 0.29) is 0 Å². The van der Waals surface area contributed by atoms with Crippen LogP contribution in [0.3, 0.4) is 0 Å². The van der Waals surface area contributed by atoms with Crippen molar-refractivity contribution >= 4 is 0 Å². The van der Waals surface area contributed by atoms with Crippen LogP contribution < -0.4 is 4.74 Å². The van der Waals surface area contributed by atoms with E-state index in [0.29, 0.717) is 6.61 Å². The summed E-state index contributed by atoms with van der Waals surface area (Å²) in [6.07, 6.45) is 1.05. The molecule has 0 spiro atoms. The smallest absolute Gasteiger partial charge is 0.122 e. The van der Waals surface area contributed by atoms with Crippen molar-refractivity contribution in [1.29, 1.82) is 0 Å². The number of hydrogen-bond donors (Lipinski definition) is 0. The Kier molecular flexibility index (Phi) is 3.53. The van der Waals surface area contributed by atoms with Crippen LogP contribution in [0.25, 0.3) is 0 Å². The van der Waals surface area contributed by atoms with Crippen LogP contribution in [0.5, 0.6) is 5.75 Å². The maximum absolute atomic E-state index is 5.74. The maximum Gasteiger partial charge on any atom is 0.122 e. The highest BCUT2D eigenvalue weighted by Gasteiger charge is 2.00. The van der Waals surface area contributed by atoms with Crippen LogP contribution in [0, 0.1) is 31.2 Å². The molecule has 0 aliphatic carbocycles. The average Bonchev–Trinajstić information content (AvgIpc) is 2.38. The Balaban J connectivity index is 2.04. The molecule has 0 N–H and O–H groups in total. The largest absolute Gasteiger partial charge is 0.488 e. The van der Waals surface area contributed by atoms with Gasteiger partial charge < -0.3 is 4.74 Å². The van der Waals surface area contributed by atoms with Gasteiger partial charge in [-0.3, -0.25) is 0 Å². The average molecular weight is 222 g/mol. The molecule has 17 heavy (non-hydrogen) atoms. The first-order valence-electron chi connectivity index (χ1n) is 5.72. The third-order valence-corrected chi connectivity index (χ3v) is 2.63. The minimum atomic E-state index is 0.494. The summed E-state index contributed by atoms with van der Waals surface area (Å²) in [6.45, 7) is 4.71. The van der Waals surface area contributed by atoms with Crippen LogP contribution in [0.2, 0.25) is 0 Å². The Morgan fingerprint density at radius 2 is 2.12 bits per heavy atom. The Labute approximate surface area is 103 Å². The molecule has 0 amide bonds. The minimum Gasteiger partial charge on any atom is -0.488 e. The molecule has 2 aromatic rings. The molecular weight excluding hydrogens is 208 g/mol. The van der Waals surface area contributed by atoms with Gasteiger partial charge >= 0.3 is 0 Å². The molecule has 0 aromatic heterocycles. The lowest BCUT2D eigenvalue weighted by molar-refractivity contribution is 0.304. The second-order valence-electron chi connectivity index (χ2n) is 3.93. The van der Waals surface area contributed by atoms with Gasteiger partial charge in [0.2, 0.25) is 0 Å². The fraction of sp³-hybridized carbons (Fsp3) is 0.250. The van der Waals surface area contributed by atoms with Gasteiger partial charge in [0.25, 0.3) is 0 Å². The summed E-state index contributed by atoms with van der Waals surface area (Å²) in [7, 11) is 0. The summed E-state index contributed by atoms with van der Waals surface area (Å²) < 4.78 is 5.74. The van der Waals surface area contributed by atoms with Crippen LogP contribution in [-0.2, 0) is 13.0 Å². The topological polar surface area (TPSA) is 9.23 Å². The van der Waals surface area contributed by atoms with Gasteiger partial charge in [-0.1, -0.05) is 31.2 Å². The standard InChI is InChI=1S/C16H14O/c1-3-14-9-10-16(13(2)11-14)17-12-15-7-5-4-6-8-15/h7,9-11H,3,12H2,1-2H3. The molecule has 0 saturated carbocycles. The van der Waals surface area contributed by atoms with Crippen molar-refractivity contribution < 1.29 is 4.74 Å². The van der Waals surface area contributed by atoms with Gasteiger partial charge in [0.15, 0.2) is 0 Å². The molecule has 0 saturated heterocycles. The highest BCUT2D eigenvalue weighted by molar-refractivity contribution is 5.36. The van der Waals surface area contributed by atoms with Gasteiger partial charge in [-0.25, -0.2) is 0 Å². The van der Waals surface area contributed by atoms with Crippen molar-refractivity contribution in [1.82, 2.24) is 0 Å².